The molecule has 1 aliphatic carbocycles. The highest BCUT2D eigenvalue weighted by Crippen LogP contribution is 2.48. The van der Waals surface area contributed by atoms with Crippen molar-refractivity contribution in [2.45, 2.75) is 65.0 Å². The molecule has 1 amide bonds. The number of ether oxygens (including phenoxy) is 1. The number of amides is 1. The minimum absolute atomic E-state index is 0.173. The number of carbonyl (C=O) groups is 1. The number of hydrogen-bond donors (Lipinski definition) is 0. The third-order valence-corrected chi connectivity index (χ3v) is 5.29. The molecule has 136 valence electrons. The molecule has 2 aliphatic rings. The second-order valence-corrected chi connectivity index (χ2v) is 8.60. The molecule has 1 heterocycles. The van der Waals surface area contributed by atoms with Gasteiger partial charge in [0, 0.05) is 18.8 Å². The van der Waals surface area contributed by atoms with Crippen LogP contribution in [0.3, 0.4) is 0 Å². The molecule has 3 rings (SSSR count). The molecule has 1 saturated carbocycles. The van der Waals surface area contributed by atoms with Gasteiger partial charge in [-0.2, -0.15) is 0 Å². The molecule has 0 N–H and O–H groups in total. The van der Waals surface area contributed by atoms with E-state index in [1.165, 1.54) is 11.3 Å². The Bertz CT molecular complexity index is 628. The average molecular weight is 342 g/mol. The van der Waals surface area contributed by atoms with Crippen LogP contribution < -0.4 is 0 Å². The minimum Gasteiger partial charge on any atom is -0.444 e. The van der Waals surface area contributed by atoms with Crippen molar-refractivity contribution in [1.82, 2.24) is 4.90 Å². The third kappa shape index (κ3) is 4.42. The number of likely N-dealkylation sites (tertiary alicyclic amines) is 1. The summed E-state index contributed by atoms with van der Waals surface area (Å²) in [6.45, 7) is 9.52. The molecule has 0 radical (unpaired) electrons. The average Bonchev–Trinajstić information content (AvgIpc) is 2.53. The molecule has 1 spiro atoms. The molecule has 1 atom stereocenters. The second-order valence-electron chi connectivity index (χ2n) is 8.60. The van der Waals surface area contributed by atoms with E-state index >= 15 is 0 Å². The van der Waals surface area contributed by atoms with Gasteiger partial charge in [0.05, 0.1) is 6.04 Å². The van der Waals surface area contributed by atoms with Crippen LogP contribution in [-0.4, -0.2) is 35.4 Å². The molecule has 25 heavy (non-hydrogen) atoms. The van der Waals surface area contributed by atoms with Crippen LogP contribution in [-0.2, 0) is 4.74 Å². The third-order valence-electron chi connectivity index (χ3n) is 5.29. The van der Waals surface area contributed by atoms with E-state index in [2.05, 4.69) is 31.2 Å². The van der Waals surface area contributed by atoms with E-state index in [9.17, 15) is 4.79 Å². The summed E-state index contributed by atoms with van der Waals surface area (Å²) >= 11 is 0. The lowest BCUT2D eigenvalue weighted by Gasteiger charge is -2.48. The Balaban J connectivity index is 1.50. The highest BCUT2D eigenvalue weighted by molar-refractivity contribution is 5.91. The fraction of sp³-hybridized carbons (Fsp3) is 0.619. The van der Waals surface area contributed by atoms with Gasteiger partial charge >= 0.3 is 6.09 Å². The summed E-state index contributed by atoms with van der Waals surface area (Å²) in [5.74, 6) is 0. The SMILES string of the molecule is C[C@H](N=C1CC2(CCN(C(=O)OC(C)(C)C)CC2)C1)c1ccccc1. The van der Waals surface area contributed by atoms with Crippen LogP contribution in [0.15, 0.2) is 35.3 Å². The quantitative estimate of drug-likeness (QED) is 0.759. The van der Waals surface area contributed by atoms with Gasteiger partial charge in [-0.05, 0) is 64.4 Å². The number of rotatable bonds is 2. The Hall–Kier alpha value is -1.84. The van der Waals surface area contributed by atoms with Gasteiger partial charge in [-0.25, -0.2) is 4.79 Å². The van der Waals surface area contributed by atoms with Gasteiger partial charge < -0.3 is 9.64 Å². The number of nitrogens with zero attached hydrogens (tertiary/aromatic N) is 2. The van der Waals surface area contributed by atoms with Crippen LogP contribution in [0.1, 0.15) is 65.0 Å². The van der Waals surface area contributed by atoms with E-state index in [0.717, 1.165) is 38.8 Å². The summed E-state index contributed by atoms with van der Waals surface area (Å²) in [6, 6.07) is 10.7. The van der Waals surface area contributed by atoms with Crippen molar-refractivity contribution in [3.63, 3.8) is 0 Å². The normalized spacial score (nSPS) is 20.8. The molecule has 2 fully saturated rings. The van der Waals surface area contributed by atoms with Crippen molar-refractivity contribution in [1.29, 1.82) is 0 Å². The van der Waals surface area contributed by atoms with E-state index in [4.69, 9.17) is 9.73 Å². The van der Waals surface area contributed by atoms with Gasteiger partial charge in [-0.1, -0.05) is 30.3 Å². The number of carbonyl (C=O) groups excluding carboxylic acids is 1. The minimum atomic E-state index is -0.421. The van der Waals surface area contributed by atoms with Crippen molar-refractivity contribution in [3.05, 3.63) is 35.9 Å². The van der Waals surface area contributed by atoms with Crippen molar-refractivity contribution in [2.75, 3.05) is 13.1 Å². The molecule has 1 saturated heterocycles. The maximum atomic E-state index is 12.2. The molecule has 0 bridgehead atoms. The maximum Gasteiger partial charge on any atom is 0.410 e. The fourth-order valence-electron chi connectivity index (χ4n) is 3.83. The van der Waals surface area contributed by atoms with E-state index in [-0.39, 0.29) is 12.1 Å². The molecular weight excluding hydrogens is 312 g/mol. The fourth-order valence-corrected chi connectivity index (χ4v) is 3.83. The Labute approximate surface area is 151 Å². The van der Waals surface area contributed by atoms with Crippen molar-refractivity contribution >= 4 is 11.8 Å². The standard InChI is InChI=1S/C21H30N2O2/c1-16(17-8-6-5-7-9-17)22-18-14-21(15-18)10-12-23(13-11-21)19(24)25-20(2,3)4/h5-9,16H,10-15H2,1-4H3/t16-/m0/s1. The summed E-state index contributed by atoms with van der Waals surface area (Å²) in [5, 5.41) is 0. The van der Waals surface area contributed by atoms with E-state index in [1.807, 2.05) is 31.7 Å². The Morgan fingerprint density at radius 1 is 1.16 bits per heavy atom. The van der Waals surface area contributed by atoms with E-state index < -0.39 is 5.60 Å². The zero-order chi connectivity index (χ0) is 18.1. The smallest absolute Gasteiger partial charge is 0.410 e. The lowest BCUT2D eigenvalue weighted by atomic mass is 9.62. The van der Waals surface area contributed by atoms with Crippen LogP contribution in [0.4, 0.5) is 4.79 Å². The van der Waals surface area contributed by atoms with Crippen LogP contribution in [0, 0.1) is 5.41 Å². The van der Waals surface area contributed by atoms with Gasteiger partial charge in [0.2, 0.25) is 0 Å². The predicted molar refractivity (Wildman–Crippen MR) is 101 cm³/mol. The summed E-state index contributed by atoms with van der Waals surface area (Å²) in [6.07, 6.45) is 4.13. The van der Waals surface area contributed by atoms with Gasteiger partial charge in [-0.3, -0.25) is 4.99 Å². The molecule has 4 heteroatoms. The highest BCUT2D eigenvalue weighted by atomic mass is 16.6. The first-order valence-electron chi connectivity index (χ1n) is 9.35. The van der Waals surface area contributed by atoms with Crippen molar-refractivity contribution in [3.8, 4) is 0 Å². The predicted octanol–water partition coefficient (Wildman–Crippen LogP) is 5.00. The largest absolute Gasteiger partial charge is 0.444 e. The molecule has 4 nitrogen and oxygen atoms in total. The molecule has 1 aromatic carbocycles. The van der Waals surface area contributed by atoms with Crippen LogP contribution in [0.2, 0.25) is 0 Å². The lowest BCUT2D eigenvalue weighted by Crippen LogP contribution is -2.50. The van der Waals surface area contributed by atoms with Gasteiger partial charge in [0.15, 0.2) is 0 Å². The molecule has 1 aromatic rings. The lowest BCUT2D eigenvalue weighted by molar-refractivity contribution is 0.00861. The van der Waals surface area contributed by atoms with Gasteiger partial charge in [-0.15, -0.1) is 0 Å². The number of benzene rings is 1. The number of aliphatic imine (C=N–C) groups is 1. The second kappa shape index (κ2) is 6.81. The number of piperidine rings is 1. The van der Waals surface area contributed by atoms with Crippen LogP contribution >= 0.6 is 0 Å². The first-order chi connectivity index (χ1) is 11.8. The summed E-state index contributed by atoms with van der Waals surface area (Å²) in [5.41, 5.74) is 2.56. The monoisotopic (exact) mass is 342 g/mol. The van der Waals surface area contributed by atoms with E-state index in [1.54, 1.807) is 0 Å². The zero-order valence-electron chi connectivity index (χ0n) is 15.9. The van der Waals surface area contributed by atoms with Gasteiger partial charge in [0.25, 0.3) is 0 Å². The molecular formula is C21H30N2O2. The van der Waals surface area contributed by atoms with E-state index in [0.29, 0.717) is 5.41 Å². The first-order valence-corrected chi connectivity index (χ1v) is 9.35. The molecule has 1 aliphatic heterocycles. The maximum absolute atomic E-state index is 12.2. The summed E-state index contributed by atoms with van der Waals surface area (Å²) in [7, 11) is 0. The highest BCUT2D eigenvalue weighted by Gasteiger charge is 2.45. The summed E-state index contributed by atoms with van der Waals surface area (Å²) in [4.78, 5) is 19.0. The Morgan fingerprint density at radius 3 is 2.32 bits per heavy atom. The Morgan fingerprint density at radius 2 is 1.76 bits per heavy atom. The van der Waals surface area contributed by atoms with Crippen LogP contribution in [0.25, 0.3) is 0 Å². The Kier molecular flexibility index (Phi) is 4.90. The molecule has 0 unspecified atom stereocenters. The zero-order valence-corrected chi connectivity index (χ0v) is 15.9. The topological polar surface area (TPSA) is 41.9 Å². The first kappa shape index (κ1) is 18.0. The van der Waals surface area contributed by atoms with Crippen molar-refractivity contribution < 1.29 is 9.53 Å². The van der Waals surface area contributed by atoms with Crippen LogP contribution in [0.5, 0.6) is 0 Å². The van der Waals surface area contributed by atoms with Gasteiger partial charge in [0.1, 0.15) is 5.60 Å². The molecule has 0 aromatic heterocycles. The number of hydrogen-bond acceptors (Lipinski definition) is 3. The summed E-state index contributed by atoms with van der Waals surface area (Å²) < 4.78 is 5.48. The van der Waals surface area contributed by atoms with Crippen molar-refractivity contribution in [2.24, 2.45) is 10.4 Å².